The zero-order valence-electron chi connectivity index (χ0n) is 16.6. The van der Waals surface area contributed by atoms with Crippen molar-refractivity contribution in [1.82, 2.24) is 16.0 Å². The van der Waals surface area contributed by atoms with Crippen molar-refractivity contribution in [2.45, 2.75) is 56.5 Å². The third kappa shape index (κ3) is 10.6. The zero-order valence-corrected chi connectivity index (χ0v) is 17.5. The summed E-state index contributed by atoms with van der Waals surface area (Å²) in [5.74, 6) is -6.91. The topological polar surface area (TPSA) is 251 Å². The van der Waals surface area contributed by atoms with E-state index in [2.05, 4.69) is 23.3 Å². The van der Waals surface area contributed by atoms with Crippen LogP contribution in [0.15, 0.2) is 0 Å². The van der Waals surface area contributed by atoms with E-state index < -0.39 is 78.7 Å². The highest BCUT2D eigenvalue weighted by Gasteiger charge is 2.32. The van der Waals surface area contributed by atoms with E-state index in [1.807, 2.05) is 5.32 Å². The van der Waals surface area contributed by atoms with Crippen molar-refractivity contribution < 1.29 is 44.1 Å². The van der Waals surface area contributed by atoms with E-state index in [4.69, 9.17) is 21.7 Å². The molecule has 0 saturated heterocycles. The molecule has 0 aromatic heterocycles. The second-order valence-corrected chi connectivity index (χ2v) is 6.94. The maximum atomic E-state index is 12.6. The quantitative estimate of drug-likeness (QED) is 0.112. The van der Waals surface area contributed by atoms with Crippen LogP contribution < -0.4 is 27.4 Å². The summed E-state index contributed by atoms with van der Waals surface area (Å²) in [5.41, 5.74) is 10.6. The van der Waals surface area contributed by atoms with E-state index in [1.165, 1.54) is 0 Å². The van der Waals surface area contributed by atoms with E-state index in [0.717, 1.165) is 6.92 Å². The lowest BCUT2D eigenvalue weighted by atomic mass is 10.1. The molecule has 0 aliphatic rings. The Morgan fingerprint density at radius 1 is 0.935 bits per heavy atom. The Morgan fingerprint density at radius 3 is 1.87 bits per heavy atom. The van der Waals surface area contributed by atoms with Crippen molar-refractivity contribution in [2.75, 3.05) is 5.75 Å². The number of aliphatic carboxylic acids is 2. The number of thiol groups is 1. The molecule has 31 heavy (non-hydrogen) atoms. The number of amides is 4. The highest BCUT2D eigenvalue weighted by molar-refractivity contribution is 7.80. The number of carbonyl (C=O) groups excluding carboxylic acids is 4. The maximum Gasteiger partial charge on any atom is 0.328 e. The van der Waals surface area contributed by atoms with Gasteiger partial charge in [-0.05, 0) is 13.3 Å². The summed E-state index contributed by atoms with van der Waals surface area (Å²) in [5, 5.41) is 33.7. The standard InChI is InChI=1S/C16H27N5O9S/c1-6(22)12(16(29)30)21-15(28)9(4-10(18)23)20-14(27)8(2-3-11(24)25)19-13(26)7(17)5-31/h6-9,12,22,31H,2-5,17H2,1H3,(H2,18,23)(H,19,26)(H,20,27)(H,21,28)(H,24,25)(H,29,30). The molecule has 0 aliphatic heterocycles. The molecule has 0 rings (SSSR count). The van der Waals surface area contributed by atoms with Crippen LogP contribution in [0.3, 0.4) is 0 Å². The summed E-state index contributed by atoms with van der Waals surface area (Å²) in [6, 6.07) is -5.94. The van der Waals surface area contributed by atoms with Crippen LogP contribution >= 0.6 is 12.6 Å². The van der Waals surface area contributed by atoms with Gasteiger partial charge in [0.25, 0.3) is 0 Å². The van der Waals surface area contributed by atoms with E-state index in [0.29, 0.717) is 0 Å². The number of nitrogens with two attached hydrogens (primary N) is 2. The lowest BCUT2D eigenvalue weighted by Crippen LogP contribution is -2.59. The summed E-state index contributed by atoms with van der Waals surface area (Å²) in [6.45, 7) is 1.10. The summed E-state index contributed by atoms with van der Waals surface area (Å²) < 4.78 is 0. The van der Waals surface area contributed by atoms with Crippen LogP contribution in [0.4, 0.5) is 0 Å². The van der Waals surface area contributed by atoms with Crippen LogP contribution in [-0.2, 0) is 28.8 Å². The molecular weight excluding hydrogens is 438 g/mol. The number of aliphatic hydroxyl groups excluding tert-OH is 1. The number of primary amides is 1. The van der Waals surface area contributed by atoms with Gasteiger partial charge in [0.1, 0.15) is 12.1 Å². The van der Waals surface area contributed by atoms with Crippen LogP contribution in [0.1, 0.15) is 26.2 Å². The third-order valence-corrected chi connectivity index (χ3v) is 4.29. The minimum Gasteiger partial charge on any atom is -0.481 e. The molecule has 0 aromatic carbocycles. The molecule has 0 aromatic rings. The average Bonchev–Trinajstić information content (AvgIpc) is 2.66. The molecule has 0 radical (unpaired) electrons. The highest BCUT2D eigenvalue weighted by Crippen LogP contribution is 2.03. The van der Waals surface area contributed by atoms with Gasteiger partial charge in [-0.25, -0.2) is 4.79 Å². The Kier molecular flexibility index (Phi) is 12.1. The number of hydrogen-bond acceptors (Lipinski definition) is 9. The Morgan fingerprint density at radius 2 is 1.45 bits per heavy atom. The third-order valence-electron chi connectivity index (χ3n) is 3.90. The van der Waals surface area contributed by atoms with E-state index in [-0.39, 0.29) is 12.2 Å². The number of carboxylic acids is 2. The molecule has 14 nitrogen and oxygen atoms in total. The van der Waals surface area contributed by atoms with Gasteiger partial charge in [-0.2, -0.15) is 12.6 Å². The fourth-order valence-electron chi connectivity index (χ4n) is 2.22. The van der Waals surface area contributed by atoms with Crippen LogP contribution in [0.25, 0.3) is 0 Å². The van der Waals surface area contributed by atoms with Gasteiger partial charge in [0.2, 0.25) is 23.6 Å². The number of nitrogens with one attached hydrogen (secondary N) is 3. The van der Waals surface area contributed by atoms with Gasteiger partial charge in [-0.3, -0.25) is 24.0 Å². The molecule has 176 valence electrons. The Hall–Kier alpha value is -2.91. The normalized spacial score (nSPS) is 15.5. The van der Waals surface area contributed by atoms with Crippen molar-refractivity contribution in [3.8, 4) is 0 Å². The minimum absolute atomic E-state index is 0.0677. The second kappa shape index (κ2) is 13.4. The lowest BCUT2D eigenvalue weighted by Gasteiger charge is -2.25. The summed E-state index contributed by atoms with van der Waals surface area (Å²) in [7, 11) is 0. The molecule has 0 saturated carbocycles. The SMILES string of the molecule is CC(O)C(NC(=O)C(CC(N)=O)NC(=O)C(CCC(=O)O)NC(=O)C(N)CS)C(=O)O. The first-order valence-corrected chi connectivity index (χ1v) is 9.61. The first-order chi connectivity index (χ1) is 14.3. The highest BCUT2D eigenvalue weighted by atomic mass is 32.1. The average molecular weight is 465 g/mol. The monoisotopic (exact) mass is 465 g/mol. The first-order valence-electron chi connectivity index (χ1n) is 8.98. The van der Waals surface area contributed by atoms with Gasteiger partial charge in [0, 0.05) is 12.2 Å². The van der Waals surface area contributed by atoms with Crippen molar-refractivity contribution in [3.63, 3.8) is 0 Å². The van der Waals surface area contributed by atoms with Gasteiger partial charge < -0.3 is 42.7 Å². The second-order valence-electron chi connectivity index (χ2n) is 6.58. The van der Waals surface area contributed by atoms with E-state index in [9.17, 15) is 33.9 Å². The largest absolute Gasteiger partial charge is 0.481 e. The van der Waals surface area contributed by atoms with Crippen molar-refractivity contribution in [2.24, 2.45) is 11.5 Å². The summed E-state index contributed by atoms with van der Waals surface area (Å²) >= 11 is 3.85. The lowest BCUT2D eigenvalue weighted by molar-refractivity contribution is -0.145. The van der Waals surface area contributed by atoms with Crippen LogP contribution in [0, 0.1) is 0 Å². The molecule has 0 spiro atoms. The Bertz CT molecular complexity index is 703. The van der Waals surface area contributed by atoms with Gasteiger partial charge in [-0.1, -0.05) is 0 Å². The molecule has 0 fully saturated rings. The number of carboxylic acid groups (broad SMARTS) is 2. The van der Waals surface area contributed by atoms with Gasteiger partial charge in [-0.15, -0.1) is 0 Å². The number of rotatable bonds is 14. The van der Waals surface area contributed by atoms with Crippen molar-refractivity contribution in [1.29, 1.82) is 0 Å². The van der Waals surface area contributed by atoms with Gasteiger partial charge in [0.05, 0.1) is 18.6 Å². The molecule has 4 amide bonds. The van der Waals surface area contributed by atoms with Gasteiger partial charge in [0.15, 0.2) is 6.04 Å². The van der Waals surface area contributed by atoms with E-state index >= 15 is 0 Å². The molecule has 15 heteroatoms. The van der Waals surface area contributed by atoms with Crippen molar-refractivity contribution in [3.05, 3.63) is 0 Å². The molecule has 10 N–H and O–H groups in total. The Balaban J connectivity index is 5.53. The van der Waals surface area contributed by atoms with Crippen LogP contribution in [0.2, 0.25) is 0 Å². The Labute approximate surface area is 182 Å². The fraction of sp³-hybridized carbons (Fsp3) is 0.625. The molecular formula is C16H27N5O9S. The molecule has 0 bridgehead atoms. The summed E-state index contributed by atoms with van der Waals surface area (Å²) in [4.78, 5) is 70.2. The zero-order chi connectivity index (χ0) is 24.3. The minimum atomic E-state index is -1.74. The predicted octanol–water partition coefficient (Wildman–Crippen LogP) is -4.10. The van der Waals surface area contributed by atoms with E-state index in [1.54, 1.807) is 0 Å². The van der Waals surface area contributed by atoms with Crippen LogP contribution in [0.5, 0.6) is 0 Å². The van der Waals surface area contributed by atoms with Gasteiger partial charge >= 0.3 is 11.9 Å². The first kappa shape index (κ1) is 28.1. The molecule has 0 aliphatic carbocycles. The smallest absolute Gasteiger partial charge is 0.328 e. The molecule has 5 atom stereocenters. The maximum absolute atomic E-state index is 12.6. The number of carbonyl (C=O) groups is 6. The summed E-state index contributed by atoms with van der Waals surface area (Å²) in [6.07, 6.45) is -3.14. The van der Waals surface area contributed by atoms with Crippen molar-refractivity contribution >= 4 is 48.2 Å². The number of hydrogen-bond donors (Lipinski definition) is 9. The molecule has 0 heterocycles. The van der Waals surface area contributed by atoms with Crippen LogP contribution in [-0.4, -0.2) is 86.9 Å². The molecule has 5 unspecified atom stereocenters. The fourth-order valence-corrected chi connectivity index (χ4v) is 2.39. The number of aliphatic hydroxyl groups is 1. The predicted molar refractivity (Wildman–Crippen MR) is 108 cm³/mol.